The highest BCUT2D eigenvalue weighted by molar-refractivity contribution is 7.79. The first-order valence-corrected chi connectivity index (χ1v) is 12.9. The minimum absolute atomic E-state index is 1.24. The lowest BCUT2D eigenvalue weighted by molar-refractivity contribution is -0.890. The first-order chi connectivity index (χ1) is 13.1. The highest BCUT2D eigenvalue weighted by Gasteiger charge is 2.13. The Morgan fingerprint density at radius 2 is 0.750 bits per heavy atom. The Morgan fingerprint density at radius 3 is 1.00 bits per heavy atom. The molecule has 0 atom stereocenters. The molecule has 0 amide bonds. The van der Waals surface area contributed by atoms with Crippen LogP contribution < -0.4 is 0 Å². The van der Waals surface area contributed by atoms with Gasteiger partial charge in [-0.05, 0) is 25.7 Å². The van der Waals surface area contributed by atoms with Crippen LogP contribution in [0, 0.1) is 0 Å². The molecule has 0 N–H and O–H groups in total. The van der Waals surface area contributed by atoms with E-state index >= 15 is 0 Å². The average Bonchev–Trinajstić information content (AvgIpc) is 2.58. The van der Waals surface area contributed by atoms with Crippen molar-refractivity contribution in [1.29, 1.82) is 0 Å². The van der Waals surface area contributed by atoms with Crippen LogP contribution in [-0.4, -0.2) is 49.2 Å². The molecule has 0 unspecified atom stereocenters. The van der Waals surface area contributed by atoms with Gasteiger partial charge in [0.25, 0.3) is 0 Å². The van der Waals surface area contributed by atoms with Gasteiger partial charge in [0.05, 0.1) is 27.2 Å². The van der Waals surface area contributed by atoms with Gasteiger partial charge in [-0.1, -0.05) is 90.9 Å². The molecule has 0 aromatic rings. The van der Waals surface area contributed by atoms with E-state index in [4.69, 9.17) is 17.5 Å². The van der Waals surface area contributed by atoms with Gasteiger partial charge in [0.1, 0.15) is 0 Å². The molecule has 0 aromatic heterocycles. The number of quaternary nitrogens is 1. The Balaban J connectivity index is 0. The number of unbranched alkanes of at least 4 members (excludes halogenated alkanes) is 14. The third-order valence-corrected chi connectivity index (χ3v) is 5.23. The van der Waals surface area contributed by atoms with E-state index in [0.29, 0.717) is 0 Å². The summed E-state index contributed by atoms with van der Waals surface area (Å²) in [5.41, 5.74) is 0. The van der Waals surface area contributed by atoms with Gasteiger partial charge < -0.3 is 13.6 Å². The Morgan fingerprint density at radius 1 is 0.536 bits per heavy atom. The van der Waals surface area contributed by atoms with Crippen molar-refractivity contribution in [2.24, 2.45) is 0 Å². The zero-order chi connectivity index (χ0) is 21.7. The summed E-state index contributed by atoms with van der Waals surface area (Å²) >= 11 is 0. The maximum atomic E-state index is 8.52. The summed E-state index contributed by atoms with van der Waals surface area (Å²) in [6, 6.07) is 0. The van der Waals surface area contributed by atoms with E-state index in [1.54, 1.807) is 0 Å². The molecule has 28 heavy (non-hydrogen) atoms. The van der Waals surface area contributed by atoms with Gasteiger partial charge in [-0.3, -0.25) is 8.42 Å². The molecule has 6 heteroatoms. The smallest absolute Gasteiger partial charge is 0.0782 e. The van der Waals surface area contributed by atoms with Gasteiger partial charge in [-0.15, -0.1) is 0 Å². The summed E-state index contributed by atoms with van der Waals surface area (Å²) < 4.78 is 35.3. The maximum Gasteiger partial charge on any atom is 0.0782 e. The summed E-state index contributed by atoms with van der Waals surface area (Å²) in [6.07, 6.45) is 23.0. The van der Waals surface area contributed by atoms with E-state index in [1.165, 1.54) is 120 Å². The molecule has 0 aliphatic carbocycles. The molecule has 5 nitrogen and oxygen atoms in total. The molecule has 0 saturated carbocycles. The van der Waals surface area contributed by atoms with Crippen molar-refractivity contribution in [2.45, 2.75) is 117 Å². The molecule has 0 spiro atoms. The number of hydrogen-bond donors (Lipinski definition) is 0. The standard InChI is InChI=1S/C22H48N.H2O4S/c1-5-7-9-11-13-15-17-19-21-23(3,4)22-20-18-16-14-12-10-8-6-2;1-5(2,3)4/h5-22H2,1-4H3;(H2,1,2,3,4)/q+1;/p-2. The van der Waals surface area contributed by atoms with E-state index in [0.717, 1.165) is 0 Å². The van der Waals surface area contributed by atoms with E-state index in [2.05, 4.69) is 27.9 Å². The SMILES string of the molecule is CCCCCCCCCC[N+](C)(C)CCCCCCCCCC.O=S(=O)([O-])[O-]. The Labute approximate surface area is 176 Å². The maximum absolute atomic E-state index is 8.52. The third kappa shape index (κ3) is 33.4. The van der Waals surface area contributed by atoms with Gasteiger partial charge in [0.2, 0.25) is 0 Å². The Kier molecular flexibility index (Phi) is 21.6. The molecule has 0 fully saturated rings. The zero-order valence-corrected chi connectivity index (χ0v) is 20.0. The van der Waals surface area contributed by atoms with E-state index in [1.807, 2.05) is 0 Å². The molecule has 0 heterocycles. The van der Waals surface area contributed by atoms with E-state index in [-0.39, 0.29) is 0 Å². The van der Waals surface area contributed by atoms with Crippen LogP contribution in [-0.2, 0) is 10.4 Å². The van der Waals surface area contributed by atoms with Gasteiger partial charge in [-0.25, -0.2) is 0 Å². The second kappa shape index (κ2) is 20.1. The van der Waals surface area contributed by atoms with Crippen LogP contribution in [0.1, 0.15) is 117 Å². The minimum atomic E-state index is -5.17. The fraction of sp³-hybridized carbons (Fsp3) is 1.00. The summed E-state index contributed by atoms with van der Waals surface area (Å²) in [4.78, 5) is 0. The molecule has 0 radical (unpaired) electrons. The lowest BCUT2D eigenvalue weighted by Gasteiger charge is -2.30. The number of rotatable bonds is 18. The average molecular weight is 423 g/mol. The van der Waals surface area contributed by atoms with Crippen LogP contribution >= 0.6 is 0 Å². The summed E-state index contributed by atoms with van der Waals surface area (Å²) in [5, 5.41) is 0. The topological polar surface area (TPSA) is 80.3 Å². The fourth-order valence-electron chi connectivity index (χ4n) is 3.46. The molecule has 172 valence electrons. The predicted molar refractivity (Wildman–Crippen MR) is 118 cm³/mol. The van der Waals surface area contributed by atoms with Crippen molar-refractivity contribution in [3.05, 3.63) is 0 Å². The van der Waals surface area contributed by atoms with Crippen LogP contribution in [0.5, 0.6) is 0 Å². The van der Waals surface area contributed by atoms with Crippen molar-refractivity contribution >= 4 is 10.4 Å². The monoisotopic (exact) mass is 422 g/mol. The van der Waals surface area contributed by atoms with Gasteiger partial charge >= 0.3 is 0 Å². The largest absolute Gasteiger partial charge is 0.759 e. The Hall–Kier alpha value is -0.170. The van der Waals surface area contributed by atoms with E-state index < -0.39 is 10.4 Å². The molecule has 0 saturated heterocycles. The lowest BCUT2D eigenvalue weighted by atomic mass is 10.1. The highest BCUT2D eigenvalue weighted by Crippen LogP contribution is 2.13. The molecule has 0 aromatic carbocycles. The fourth-order valence-corrected chi connectivity index (χ4v) is 3.46. The second-order valence-corrected chi connectivity index (χ2v) is 9.56. The molecule has 0 rings (SSSR count). The van der Waals surface area contributed by atoms with Crippen LogP contribution in [0.25, 0.3) is 0 Å². The molecular formula is C22H48NO4S-. The van der Waals surface area contributed by atoms with Crippen molar-refractivity contribution < 1.29 is 22.0 Å². The summed E-state index contributed by atoms with van der Waals surface area (Å²) in [5.74, 6) is 0. The summed E-state index contributed by atoms with van der Waals surface area (Å²) in [7, 11) is -0.301. The van der Waals surface area contributed by atoms with Gasteiger partial charge in [0, 0.05) is 10.4 Å². The molecule has 0 aliphatic rings. The lowest BCUT2D eigenvalue weighted by Crippen LogP contribution is -2.41. The normalized spacial score (nSPS) is 11.9. The number of nitrogens with zero attached hydrogens (tertiary/aromatic N) is 1. The van der Waals surface area contributed by atoms with Crippen LogP contribution in [0.4, 0.5) is 0 Å². The second-order valence-electron chi connectivity index (χ2n) is 8.74. The minimum Gasteiger partial charge on any atom is -0.759 e. The number of hydrogen-bond acceptors (Lipinski definition) is 4. The first-order valence-electron chi connectivity index (χ1n) is 11.6. The van der Waals surface area contributed by atoms with Crippen molar-refractivity contribution in [3.63, 3.8) is 0 Å². The third-order valence-electron chi connectivity index (χ3n) is 5.23. The van der Waals surface area contributed by atoms with Gasteiger partial charge in [0.15, 0.2) is 0 Å². The Bertz CT molecular complexity index is 381. The van der Waals surface area contributed by atoms with Crippen molar-refractivity contribution in [2.75, 3.05) is 27.2 Å². The highest BCUT2D eigenvalue weighted by atomic mass is 32.3. The molecule has 0 aliphatic heterocycles. The van der Waals surface area contributed by atoms with E-state index in [9.17, 15) is 0 Å². The zero-order valence-electron chi connectivity index (χ0n) is 19.2. The quantitative estimate of drug-likeness (QED) is 0.117. The first kappa shape index (κ1) is 30.0. The van der Waals surface area contributed by atoms with Crippen LogP contribution in [0.3, 0.4) is 0 Å². The molecular weight excluding hydrogens is 374 g/mol. The summed E-state index contributed by atoms with van der Waals surface area (Å²) in [6.45, 7) is 7.36. The van der Waals surface area contributed by atoms with Crippen LogP contribution in [0.2, 0.25) is 0 Å². The molecule has 0 bridgehead atoms. The predicted octanol–water partition coefficient (Wildman–Crippen LogP) is 6.01. The van der Waals surface area contributed by atoms with Crippen LogP contribution in [0.15, 0.2) is 0 Å². The van der Waals surface area contributed by atoms with Gasteiger partial charge in [-0.2, -0.15) is 0 Å². The van der Waals surface area contributed by atoms with Crippen molar-refractivity contribution in [1.82, 2.24) is 0 Å². The van der Waals surface area contributed by atoms with Crippen molar-refractivity contribution in [3.8, 4) is 0 Å².